The molecule has 19 heavy (non-hydrogen) atoms. The van der Waals surface area contributed by atoms with Crippen molar-refractivity contribution in [2.24, 2.45) is 0 Å². The van der Waals surface area contributed by atoms with Crippen molar-refractivity contribution < 1.29 is 9.18 Å². The molecule has 1 N–H and O–H groups in total. The van der Waals surface area contributed by atoms with E-state index in [9.17, 15) is 9.18 Å². The van der Waals surface area contributed by atoms with Gasteiger partial charge in [0, 0.05) is 8.95 Å². The van der Waals surface area contributed by atoms with Crippen LogP contribution in [0.3, 0.4) is 0 Å². The molecule has 2 aromatic carbocycles. The minimum atomic E-state index is -0.599. The van der Waals surface area contributed by atoms with Crippen molar-refractivity contribution in [3.05, 3.63) is 61.7 Å². The maximum atomic E-state index is 13.7. The van der Waals surface area contributed by atoms with Crippen LogP contribution in [0.5, 0.6) is 0 Å². The first-order valence-corrected chi connectivity index (χ1v) is 7.15. The van der Waals surface area contributed by atoms with Crippen molar-refractivity contribution in [3.8, 4) is 0 Å². The van der Waals surface area contributed by atoms with E-state index in [1.165, 1.54) is 12.1 Å². The Hall–Kier alpha value is -0.910. The molecule has 0 bridgehead atoms. The first-order chi connectivity index (χ1) is 8.97. The lowest BCUT2D eigenvalue weighted by Crippen LogP contribution is -2.14. The molecule has 0 aliphatic rings. The molecule has 0 fully saturated rings. The predicted molar refractivity (Wildman–Crippen MR) is 81.2 cm³/mol. The summed E-state index contributed by atoms with van der Waals surface area (Å²) in [5, 5.41) is 2.95. The number of benzene rings is 2. The third kappa shape index (κ3) is 3.55. The smallest absolute Gasteiger partial charge is 0.258 e. The Morgan fingerprint density at radius 3 is 2.42 bits per heavy atom. The van der Waals surface area contributed by atoms with Gasteiger partial charge in [-0.1, -0.05) is 43.5 Å². The number of amides is 1. The molecular formula is C13H7Br2ClFNO. The van der Waals surface area contributed by atoms with Crippen LogP contribution in [0.25, 0.3) is 0 Å². The maximum absolute atomic E-state index is 13.7. The van der Waals surface area contributed by atoms with Crippen LogP contribution in [0, 0.1) is 5.82 Å². The van der Waals surface area contributed by atoms with Gasteiger partial charge in [-0.2, -0.15) is 0 Å². The fourth-order valence-electron chi connectivity index (χ4n) is 1.46. The van der Waals surface area contributed by atoms with Crippen LogP contribution < -0.4 is 5.32 Å². The summed E-state index contributed by atoms with van der Waals surface area (Å²) in [5.41, 5.74) is 0.377. The predicted octanol–water partition coefficient (Wildman–Crippen LogP) is 5.26. The summed E-state index contributed by atoms with van der Waals surface area (Å²) in [6.45, 7) is 0. The van der Waals surface area contributed by atoms with Gasteiger partial charge in [-0.05, 0) is 36.4 Å². The molecule has 0 aliphatic heterocycles. The van der Waals surface area contributed by atoms with Gasteiger partial charge in [0.1, 0.15) is 5.82 Å². The van der Waals surface area contributed by atoms with E-state index in [0.29, 0.717) is 15.2 Å². The van der Waals surface area contributed by atoms with Crippen LogP contribution in [0.1, 0.15) is 10.4 Å². The average molecular weight is 407 g/mol. The Morgan fingerprint density at radius 1 is 1.11 bits per heavy atom. The number of anilines is 1. The van der Waals surface area contributed by atoms with Crippen molar-refractivity contribution in [3.63, 3.8) is 0 Å². The fraction of sp³-hybridized carbons (Fsp3) is 0. The van der Waals surface area contributed by atoms with Crippen LogP contribution in [0.15, 0.2) is 45.3 Å². The van der Waals surface area contributed by atoms with Gasteiger partial charge in [0.05, 0.1) is 16.3 Å². The molecule has 1 amide bonds. The lowest BCUT2D eigenvalue weighted by atomic mass is 10.2. The average Bonchev–Trinajstić information content (AvgIpc) is 2.33. The highest BCUT2D eigenvalue weighted by molar-refractivity contribution is 9.10. The summed E-state index contributed by atoms with van der Waals surface area (Å²) in [4.78, 5) is 12.0. The summed E-state index contributed by atoms with van der Waals surface area (Å²) < 4.78 is 15.0. The van der Waals surface area contributed by atoms with Gasteiger partial charge in [-0.3, -0.25) is 4.79 Å². The number of rotatable bonds is 2. The molecule has 0 atom stereocenters. The van der Waals surface area contributed by atoms with Crippen LogP contribution in [0.4, 0.5) is 10.1 Å². The highest BCUT2D eigenvalue weighted by atomic mass is 79.9. The number of hydrogen-bond donors (Lipinski definition) is 1. The van der Waals surface area contributed by atoms with Crippen molar-refractivity contribution >= 4 is 55.1 Å². The Labute approximate surface area is 131 Å². The van der Waals surface area contributed by atoms with Crippen molar-refractivity contribution in [2.45, 2.75) is 0 Å². The standard InChI is InChI=1S/C13H7Br2ClFNO/c14-7-1-3-9(11(17)5-7)13(19)18-12-6-8(15)2-4-10(12)16/h1-6H,(H,18,19). The SMILES string of the molecule is O=C(Nc1cc(Br)ccc1Cl)c1ccc(Br)cc1F. The van der Waals surface area contributed by atoms with E-state index in [2.05, 4.69) is 37.2 Å². The summed E-state index contributed by atoms with van der Waals surface area (Å²) in [5.74, 6) is -1.15. The maximum Gasteiger partial charge on any atom is 0.258 e. The van der Waals surface area contributed by atoms with E-state index in [4.69, 9.17) is 11.6 Å². The molecule has 0 spiro atoms. The van der Waals surface area contributed by atoms with E-state index < -0.39 is 11.7 Å². The third-order valence-corrected chi connectivity index (χ3v) is 3.67. The quantitative estimate of drug-likeness (QED) is 0.723. The number of hydrogen-bond acceptors (Lipinski definition) is 1. The Kier molecular flexibility index (Phi) is 4.60. The van der Waals surface area contributed by atoms with E-state index in [1.807, 2.05) is 0 Å². The first kappa shape index (κ1) is 14.5. The normalized spacial score (nSPS) is 10.3. The largest absolute Gasteiger partial charge is 0.321 e. The van der Waals surface area contributed by atoms with Gasteiger partial charge in [0.25, 0.3) is 5.91 Å². The van der Waals surface area contributed by atoms with E-state index in [0.717, 1.165) is 4.47 Å². The van der Waals surface area contributed by atoms with Crippen molar-refractivity contribution in [2.75, 3.05) is 5.32 Å². The second kappa shape index (κ2) is 6.03. The van der Waals surface area contributed by atoms with E-state index in [-0.39, 0.29) is 5.56 Å². The number of halogens is 4. The van der Waals surface area contributed by atoms with E-state index >= 15 is 0 Å². The summed E-state index contributed by atoms with van der Waals surface area (Å²) in [6, 6.07) is 9.27. The second-order valence-electron chi connectivity index (χ2n) is 3.70. The van der Waals surface area contributed by atoms with Crippen LogP contribution in [-0.4, -0.2) is 5.91 Å². The summed E-state index contributed by atoms with van der Waals surface area (Å²) >= 11 is 12.4. The van der Waals surface area contributed by atoms with Gasteiger partial charge in [-0.15, -0.1) is 0 Å². The summed E-state index contributed by atoms with van der Waals surface area (Å²) in [6.07, 6.45) is 0. The molecule has 98 valence electrons. The monoisotopic (exact) mass is 405 g/mol. The number of carbonyl (C=O) groups excluding carboxylic acids is 1. The molecule has 2 nitrogen and oxygen atoms in total. The zero-order valence-electron chi connectivity index (χ0n) is 9.38. The Morgan fingerprint density at radius 2 is 1.74 bits per heavy atom. The highest BCUT2D eigenvalue weighted by Crippen LogP contribution is 2.26. The molecule has 0 aromatic heterocycles. The second-order valence-corrected chi connectivity index (χ2v) is 5.94. The topological polar surface area (TPSA) is 29.1 Å². The Bertz CT molecular complexity index is 649. The molecule has 2 rings (SSSR count). The lowest BCUT2D eigenvalue weighted by molar-refractivity contribution is 0.102. The zero-order valence-corrected chi connectivity index (χ0v) is 13.3. The number of nitrogens with one attached hydrogen (secondary N) is 1. The fourth-order valence-corrected chi connectivity index (χ4v) is 2.32. The van der Waals surface area contributed by atoms with Gasteiger partial charge in [0.15, 0.2) is 0 Å². The summed E-state index contributed by atoms with van der Waals surface area (Å²) in [7, 11) is 0. The molecule has 0 saturated heterocycles. The first-order valence-electron chi connectivity index (χ1n) is 5.19. The van der Waals surface area contributed by atoms with Gasteiger partial charge in [0.2, 0.25) is 0 Å². The molecule has 0 aliphatic carbocycles. The van der Waals surface area contributed by atoms with Gasteiger partial charge >= 0.3 is 0 Å². The van der Waals surface area contributed by atoms with Gasteiger partial charge in [-0.25, -0.2) is 4.39 Å². The van der Waals surface area contributed by atoms with Crippen LogP contribution >= 0.6 is 43.5 Å². The lowest BCUT2D eigenvalue weighted by Gasteiger charge is -2.08. The molecule has 0 saturated carbocycles. The minimum Gasteiger partial charge on any atom is -0.321 e. The Balaban J connectivity index is 2.28. The molecule has 0 heterocycles. The minimum absolute atomic E-state index is 0.0424. The molecule has 2 aromatic rings. The van der Waals surface area contributed by atoms with E-state index in [1.54, 1.807) is 24.3 Å². The third-order valence-electron chi connectivity index (χ3n) is 2.35. The van der Waals surface area contributed by atoms with Crippen LogP contribution in [-0.2, 0) is 0 Å². The van der Waals surface area contributed by atoms with Crippen molar-refractivity contribution in [1.82, 2.24) is 0 Å². The van der Waals surface area contributed by atoms with Gasteiger partial charge < -0.3 is 5.32 Å². The zero-order chi connectivity index (χ0) is 14.0. The molecule has 6 heteroatoms. The molecule has 0 unspecified atom stereocenters. The van der Waals surface area contributed by atoms with Crippen molar-refractivity contribution in [1.29, 1.82) is 0 Å². The molecular weight excluding hydrogens is 400 g/mol. The molecule has 0 radical (unpaired) electrons. The van der Waals surface area contributed by atoms with Crippen LogP contribution in [0.2, 0.25) is 5.02 Å². The highest BCUT2D eigenvalue weighted by Gasteiger charge is 2.13. The number of carbonyl (C=O) groups is 1.